The van der Waals surface area contributed by atoms with Crippen molar-refractivity contribution in [2.75, 3.05) is 19.7 Å². The van der Waals surface area contributed by atoms with Crippen LogP contribution in [0.4, 0.5) is 0 Å². The molecule has 2 fully saturated rings. The molecule has 0 spiro atoms. The van der Waals surface area contributed by atoms with E-state index in [1.807, 2.05) is 6.92 Å². The van der Waals surface area contributed by atoms with E-state index in [1.165, 1.54) is 32.1 Å². The maximum Gasteiger partial charge on any atom is 0.240 e. The molecule has 0 bridgehead atoms. The predicted octanol–water partition coefficient (Wildman–Crippen LogP) is 1.98. The maximum atomic E-state index is 12.0. The summed E-state index contributed by atoms with van der Waals surface area (Å²) in [4.78, 5) is 12.0. The molecule has 1 saturated heterocycles. The Morgan fingerprint density at radius 1 is 1.32 bits per heavy atom. The molecule has 0 radical (unpaired) electrons. The van der Waals surface area contributed by atoms with Crippen LogP contribution in [0.5, 0.6) is 0 Å². The quantitative estimate of drug-likeness (QED) is 0.724. The third-order valence-corrected chi connectivity index (χ3v) is 4.38. The van der Waals surface area contributed by atoms with Gasteiger partial charge >= 0.3 is 0 Å². The molecule has 19 heavy (non-hydrogen) atoms. The lowest BCUT2D eigenvalue weighted by Crippen LogP contribution is -2.51. The molecule has 1 aliphatic carbocycles. The van der Waals surface area contributed by atoms with Gasteiger partial charge in [-0.3, -0.25) is 4.79 Å². The van der Waals surface area contributed by atoms with Crippen LogP contribution in [0.3, 0.4) is 0 Å². The molecule has 1 saturated carbocycles. The van der Waals surface area contributed by atoms with Gasteiger partial charge in [0, 0.05) is 13.2 Å². The number of rotatable bonds is 6. The monoisotopic (exact) mass is 268 g/mol. The van der Waals surface area contributed by atoms with Gasteiger partial charge in [-0.2, -0.15) is 0 Å². The molecule has 0 aromatic heterocycles. The van der Waals surface area contributed by atoms with Crippen molar-refractivity contribution in [2.45, 2.75) is 69.9 Å². The summed E-state index contributed by atoms with van der Waals surface area (Å²) < 4.78 is 5.85. The van der Waals surface area contributed by atoms with E-state index >= 15 is 0 Å². The highest BCUT2D eigenvalue weighted by Gasteiger charge is 2.35. The van der Waals surface area contributed by atoms with Gasteiger partial charge in [0.25, 0.3) is 0 Å². The lowest BCUT2D eigenvalue weighted by Gasteiger charge is -2.24. The molecular weight excluding hydrogens is 240 g/mol. The molecular formula is C15H28N2O2. The van der Waals surface area contributed by atoms with Gasteiger partial charge in [-0.1, -0.05) is 19.3 Å². The standard InChI is InChI=1S/C15H28N2O2/c1-15(9-5-11-17-15)14(18)16-10-6-12-19-13-7-3-2-4-8-13/h13,17H,2-12H2,1H3,(H,16,18). The number of hydrogen-bond donors (Lipinski definition) is 2. The van der Waals surface area contributed by atoms with Crippen LogP contribution in [0.1, 0.15) is 58.3 Å². The molecule has 4 heteroatoms. The summed E-state index contributed by atoms with van der Waals surface area (Å²) in [6.07, 6.45) is 9.84. The highest BCUT2D eigenvalue weighted by atomic mass is 16.5. The average Bonchev–Trinajstić information content (AvgIpc) is 2.88. The summed E-state index contributed by atoms with van der Waals surface area (Å²) in [5.74, 6) is 0.141. The summed E-state index contributed by atoms with van der Waals surface area (Å²) in [5, 5.41) is 6.30. The lowest BCUT2D eigenvalue weighted by molar-refractivity contribution is -0.126. The molecule has 1 heterocycles. The summed E-state index contributed by atoms with van der Waals surface area (Å²) >= 11 is 0. The SMILES string of the molecule is CC1(C(=O)NCCCOC2CCCCC2)CCCN1. The van der Waals surface area contributed by atoms with Crippen LogP contribution in [-0.2, 0) is 9.53 Å². The Kier molecular flexibility index (Phi) is 5.64. The van der Waals surface area contributed by atoms with Gasteiger partial charge in [0.2, 0.25) is 5.91 Å². The van der Waals surface area contributed by atoms with Gasteiger partial charge in [0.05, 0.1) is 11.6 Å². The first-order chi connectivity index (χ1) is 9.21. The van der Waals surface area contributed by atoms with E-state index < -0.39 is 0 Å². The van der Waals surface area contributed by atoms with Gasteiger partial charge in [0.15, 0.2) is 0 Å². The Morgan fingerprint density at radius 3 is 2.79 bits per heavy atom. The third kappa shape index (κ3) is 4.46. The van der Waals surface area contributed by atoms with Crippen LogP contribution in [0.25, 0.3) is 0 Å². The molecule has 1 amide bonds. The Hall–Kier alpha value is -0.610. The van der Waals surface area contributed by atoms with E-state index in [0.29, 0.717) is 6.10 Å². The van der Waals surface area contributed by atoms with Gasteiger partial charge in [0.1, 0.15) is 0 Å². The zero-order chi connectivity index (χ0) is 13.6. The van der Waals surface area contributed by atoms with Crippen LogP contribution in [0.2, 0.25) is 0 Å². The topological polar surface area (TPSA) is 50.4 Å². The minimum absolute atomic E-state index is 0.141. The summed E-state index contributed by atoms with van der Waals surface area (Å²) in [6.45, 7) is 4.44. The van der Waals surface area contributed by atoms with E-state index in [-0.39, 0.29) is 11.4 Å². The van der Waals surface area contributed by atoms with Crippen LogP contribution >= 0.6 is 0 Å². The summed E-state index contributed by atoms with van der Waals surface area (Å²) in [6, 6.07) is 0. The first-order valence-corrected chi connectivity index (χ1v) is 7.86. The number of carbonyl (C=O) groups excluding carboxylic acids is 1. The van der Waals surface area contributed by atoms with E-state index in [9.17, 15) is 4.79 Å². The van der Waals surface area contributed by atoms with Crippen molar-refractivity contribution in [3.05, 3.63) is 0 Å². The second-order valence-electron chi connectivity index (χ2n) is 6.10. The zero-order valence-electron chi connectivity index (χ0n) is 12.2. The molecule has 2 N–H and O–H groups in total. The summed E-state index contributed by atoms with van der Waals surface area (Å²) in [7, 11) is 0. The van der Waals surface area contributed by atoms with Crippen molar-refractivity contribution in [1.29, 1.82) is 0 Å². The van der Waals surface area contributed by atoms with Crippen molar-refractivity contribution >= 4 is 5.91 Å². The van der Waals surface area contributed by atoms with Gasteiger partial charge in [-0.05, 0) is 45.6 Å². The fourth-order valence-electron chi connectivity index (χ4n) is 3.04. The van der Waals surface area contributed by atoms with Gasteiger partial charge < -0.3 is 15.4 Å². The van der Waals surface area contributed by atoms with E-state index in [2.05, 4.69) is 10.6 Å². The highest BCUT2D eigenvalue weighted by molar-refractivity contribution is 5.86. The van der Waals surface area contributed by atoms with E-state index in [1.54, 1.807) is 0 Å². The number of carbonyl (C=O) groups is 1. The smallest absolute Gasteiger partial charge is 0.240 e. The minimum Gasteiger partial charge on any atom is -0.378 e. The lowest BCUT2D eigenvalue weighted by atomic mass is 9.98. The van der Waals surface area contributed by atoms with Crippen molar-refractivity contribution in [1.82, 2.24) is 10.6 Å². The second-order valence-corrected chi connectivity index (χ2v) is 6.10. The average molecular weight is 268 g/mol. The predicted molar refractivity (Wildman–Crippen MR) is 76.1 cm³/mol. The number of amides is 1. The van der Waals surface area contributed by atoms with Gasteiger partial charge in [-0.25, -0.2) is 0 Å². The summed E-state index contributed by atoms with van der Waals surface area (Å²) in [5.41, 5.74) is -0.343. The number of nitrogens with one attached hydrogen (secondary N) is 2. The molecule has 0 aromatic rings. The molecule has 1 aliphatic heterocycles. The van der Waals surface area contributed by atoms with Crippen LogP contribution in [-0.4, -0.2) is 37.2 Å². The van der Waals surface area contributed by atoms with Crippen molar-refractivity contribution in [2.24, 2.45) is 0 Å². The molecule has 2 rings (SSSR count). The highest BCUT2D eigenvalue weighted by Crippen LogP contribution is 2.20. The minimum atomic E-state index is -0.343. The normalized spacial score (nSPS) is 28.5. The Balaban J connectivity index is 1.52. The molecule has 1 unspecified atom stereocenters. The maximum absolute atomic E-state index is 12.0. The third-order valence-electron chi connectivity index (χ3n) is 4.38. The van der Waals surface area contributed by atoms with Crippen LogP contribution in [0.15, 0.2) is 0 Å². The fraction of sp³-hybridized carbons (Fsp3) is 0.933. The van der Waals surface area contributed by atoms with Crippen molar-refractivity contribution < 1.29 is 9.53 Å². The first kappa shape index (κ1) is 14.8. The molecule has 1 atom stereocenters. The Morgan fingerprint density at radius 2 is 2.11 bits per heavy atom. The van der Waals surface area contributed by atoms with Crippen LogP contribution < -0.4 is 10.6 Å². The fourth-order valence-corrected chi connectivity index (χ4v) is 3.04. The number of ether oxygens (including phenoxy) is 1. The zero-order valence-corrected chi connectivity index (χ0v) is 12.2. The molecule has 0 aromatic carbocycles. The molecule has 4 nitrogen and oxygen atoms in total. The first-order valence-electron chi connectivity index (χ1n) is 7.86. The number of hydrogen-bond acceptors (Lipinski definition) is 3. The van der Waals surface area contributed by atoms with Crippen molar-refractivity contribution in [3.8, 4) is 0 Å². The Labute approximate surface area is 116 Å². The largest absolute Gasteiger partial charge is 0.378 e. The molecule has 110 valence electrons. The van der Waals surface area contributed by atoms with E-state index in [4.69, 9.17) is 4.74 Å². The van der Waals surface area contributed by atoms with Crippen molar-refractivity contribution in [3.63, 3.8) is 0 Å². The second kappa shape index (κ2) is 7.25. The molecule has 2 aliphatic rings. The van der Waals surface area contributed by atoms with Gasteiger partial charge in [-0.15, -0.1) is 0 Å². The van der Waals surface area contributed by atoms with Crippen LogP contribution in [0, 0.1) is 0 Å². The Bertz CT molecular complexity index is 282. The van der Waals surface area contributed by atoms with E-state index in [0.717, 1.165) is 39.0 Å².